The average molecular weight is 1220 g/mol. The lowest BCUT2D eigenvalue weighted by Crippen LogP contribution is -2.27. The van der Waals surface area contributed by atoms with Crippen LogP contribution < -0.4 is 41.4 Å². The number of likely N-dealkylation sites (N-methyl/N-ethyl adjacent to an activating group) is 1. The molecular weight excluding hydrogens is 1140 g/mol. The molecule has 4 heterocycles. The van der Waals surface area contributed by atoms with Crippen LogP contribution in [0, 0.1) is 13.8 Å². The number of fused-ring (bicyclic) bond motifs is 2. The molecule has 0 unspecified atom stereocenters. The number of pyridine rings is 2. The Morgan fingerprint density at radius 2 is 0.888 bits per heavy atom. The van der Waals surface area contributed by atoms with Crippen molar-refractivity contribution in [3.63, 3.8) is 0 Å². The van der Waals surface area contributed by atoms with Crippen LogP contribution in [-0.2, 0) is 33.6 Å². The normalized spacial score (nSPS) is 11.2. The third kappa shape index (κ3) is 17.1. The van der Waals surface area contributed by atoms with E-state index in [2.05, 4.69) is 83.4 Å². The number of urea groups is 2. The predicted molar refractivity (Wildman–Crippen MR) is 358 cm³/mol. The molecule has 6 aromatic carbocycles. The van der Waals surface area contributed by atoms with Crippen molar-refractivity contribution in [3.8, 4) is 22.9 Å². The number of amides is 6. The number of hydrogen-bond donors (Lipinski definition) is 6. The number of nitrogens with zero attached hydrogens (tertiary/aromatic N) is 7. The van der Waals surface area contributed by atoms with Gasteiger partial charge in [-0.15, -0.1) is 11.6 Å². The van der Waals surface area contributed by atoms with Gasteiger partial charge in [-0.1, -0.05) is 133 Å². The van der Waals surface area contributed by atoms with Crippen LogP contribution in [-0.4, -0.2) is 84.8 Å². The van der Waals surface area contributed by atoms with Crippen LogP contribution in [0.3, 0.4) is 0 Å². The molecule has 6 N–H and O–H groups in total. The molecule has 10 aromatic rings. The van der Waals surface area contributed by atoms with Crippen LogP contribution >= 0.6 is 11.6 Å². The molecule has 19 nitrogen and oxygen atoms in total. The van der Waals surface area contributed by atoms with E-state index in [1.165, 1.54) is 0 Å². The summed E-state index contributed by atoms with van der Waals surface area (Å²) < 4.78 is 15.9. The molecule has 89 heavy (non-hydrogen) atoms. The first-order valence-electron chi connectivity index (χ1n) is 28.6. The van der Waals surface area contributed by atoms with Gasteiger partial charge in [0.15, 0.2) is 0 Å². The Morgan fingerprint density at radius 1 is 0.494 bits per heavy atom. The van der Waals surface area contributed by atoms with E-state index in [4.69, 9.17) is 31.3 Å². The van der Waals surface area contributed by atoms with Crippen molar-refractivity contribution in [1.82, 2.24) is 34.4 Å². The summed E-state index contributed by atoms with van der Waals surface area (Å²) in [6.45, 7) is 17.4. The molecule has 0 aliphatic rings. The second-order valence-electron chi connectivity index (χ2n) is 23.4. The number of ether oxygens (including phenoxy) is 2. The number of aryl methyl sites for hydroxylation is 2. The number of hydrogen-bond acceptors (Lipinski definition) is 11. The predicted octanol–water partition coefficient (Wildman–Crippen LogP) is 14.8. The lowest BCUT2D eigenvalue weighted by atomic mass is 9.92. The molecule has 0 spiro atoms. The number of alkyl halides is 1. The number of nitrogens with one attached hydrogen (secondary N) is 6. The molecular formula is C69H76ClN13O6. The number of carbonyl (C=O) groups is 4. The minimum Gasteiger partial charge on any atom is -0.488 e. The zero-order valence-corrected chi connectivity index (χ0v) is 51.7. The Balaban J connectivity index is 0.000000228. The number of rotatable bonds is 17. The van der Waals surface area contributed by atoms with Crippen LogP contribution in [0.1, 0.15) is 82.6 Å². The molecule has 20 heteroatoms. The van der Waals surface area contributed by atoms with Gasteiger partial charge in [0, 0.05) is 56.9 Å². The van der Waals surface area contributed by atoms with E-state index in [1.54, 1.807) is 38.8 Å². The number of benzene rings is 6. The van der Waals surface area contributed by atoms with E-state index in [1.807, 2.05) is 174 Å². The third-order valence-electron chi connectivity index (χ3n) is 13.8. The molecule has 0 fully saturated rings. The van der Waals surface area contributed by atoms with Crippen LogP contribution in [0.5, 0.6) is 11.5 Å². The second kappa shape index (κ2) is 28.6. The Hall–Kier alpha value is -10.1. The molecule has 10 rings (SSSR count). The third-order valence-corrected chi connectivity index (χ3v) is 14.1. The van der Waals surface area contributed by atoms with Gasteiger partial charge in [-0.3, -0.25) is 20.2 Å². The van der Waals surface area contributed by atoms with Crippen molar-refractivity contribution in [2.24, 2.45) is 0 Å². The fourth-order valence-electron chi connectivity index (χ4n) is 9.22. The highest BCUT2D eigenvalue weighted by Crippen LogP contribution is 2.35. The summed E-state index contributed by atoms with van der Waals surface area (Å²) in [5, 5.41) is 30.4. The van der Waals surface area contributed by atoms with Gasteiger partial charge in [0.1, 0.15) is 53.9 Å². The second-order valence-corrected chi connectivity index (χ2v) is 23.7. The maximum absolute atomic E-state index is 13.4. The van der Waals surface area contributed by atoms with Gasteiger partial charge < -0.3 is 35.6 Å². The molecule has 0 bridgehead atoms. The number of aromatic nitrogens is 6. The van der Waals surface area contributed by atoms with Crippen molar-refractivity contribution < 1.29 is 28.7 Å². The highest BCUT2D eigenvalue weighted by atomic mass is 35.5. The fourth-order valence-corrected chi connectivity index (χ4v) is 9.29. The van der Waals surface area contributed by atoms with Gasteiger partial charge in [-0.05, 0) is 112 Å². The van der Waals surface area contributed by atoms with E-state index >= 15 is 0 Å². The first kappa shape index (κ1) is 64.9. The summed E-state index contributed by atoms with van der Waals surface area (Å²) in [5.74, 6) is 2.70. The summed E-state index contributed by atoms with van der Waals surface area (Å²) in [6.07, 6.45) is 3.24. The van der Waals surface area contributed by atoms with Crippen LogP contribution in [0.25, 0.3) is 32.9 Å². The van der Waals surface area contributed by atoms with Gasteiger partial charge in [-0.2, -0.15) is 10.2 Å². The average Bonchev–Trinajstić information content (AvgIpc) is 2.40. The summed E-state index contributed by atoms with van der Waals surface area (Å²) in [4.78, 5) is 60.6. The minimum absolute atomic E-state index is 0. The molecule has 0 radical (unpaired) electrons. The maximum atomic E-state index is 13.4. The highest BCUT2D eigenvalue weighted by Gasteiger charge is 2.24. The number of anilines is 6. The zero-order chi connectivity index (χ0) is 62.7. The largest absolute Gasteiger partial charge is 0.488 e. The van der Waals surface area contributed by atoms with Crippen LogP contribution in [0.2, 0.25) is 0 Å². The van der Waals surface area contributed by atoms with E-state index in [9.17, 15) is 19.2 Å². The first-order chi connectivity index (χ1) is 42.1. The van der Waals surface area contributed by atoms with Crippen molar-refractivity contribution in [2.75, 3.05) is 58.4 Å². The van der Waals surface area contributed by atoms with Crippen molar-refractivity contribution in [2.45, 2.75) is 86.9 Å². The number of carbonyl (C=O) groups excluding carboxylic acids is 4. The smallest absolute Gasteiger partial charge is 0.324 e. The summed E-state index contributed by atoms with van der Waals surface area (Å²) in [6, 6.07) is 49.0. The van der Waals surface area contributed by atoms with Gasteiger partial charge in [0.2, 0.25) is 11.8 Å². The molecule has 0 saturated heterocycles. The van der Waals surface area contributed by atoms with Gasteiger partial charge in [0.25, 0.3) is 0 Å². The van der Waals surface area contributed by atoms with E-state index in [-0.39, 0.29) is 61.7 Å². The highest BCUT2D eigenvalue weighted by molar-refractivity contribution is 6.29. The topological polar surface area (TPSA) is 224 Å². The van der Waals surface area contributed by atoms with Gasteiger partial charge in [-0.25, -0.2) is 28.9 Å². The van der Waals surface area contributed by atoms with Crippen molar-refractivity contribution >= 4 is 91.7 Å². The quantitative estimate of drug-likeness (QED) is 0.0470. The molecule has 0 aliphatic heterocycles. The maximum Gasteiger partial charge on any atom is 0.324 e. The number of halogens is 1. The van der Waals surface area contributed by atoms with Crippen LogP contribution in [0.15, 0.2) is 170 Å². The van der Waals surface area contributed by atoms with Crippen LogP contribution in [0.4, 0.5) is 44.2 Å². The molecule has 0 saturated carbocycles. The summed E-state index contributed by atoms with van der Waals surface area (Å²) >= 11 is 5.58. The van der Waals surface area contributed by atoms with Gasteiger partial charge >= 0.3 is 12.1 Å². The van der Waals surface area contributed by atoms with Crippen molar-refractivity contribution in [3.05, 3.63) is 204 Å². The lowest BCUT2D eigenvalue weighted by Gasteiger charge is -2.15. The molecule has 4 aromatic heterocycles. The Labute approximate surface area is 524 Å². The zero-order valence-electron chi connectivity index (χ0n) is 51.0. The SMILES string of the molecule is C.Cc1ccc(-n2nc(C(C)(C)C)cc2NC(=O)Nc2ccc(OCc3ccnc(NC(=O)CCl)c3)c3ccccc23)cc1.Cc1ccc(-n2nc(C(C)(C)C)cc2NC(=O)Nc2ccc(OCc3ccnc(NC(=O)CN(C)C)c3)c3ccccc23)cc1. The Morgan fingerprint density at radius 3 is 1.27 bits per heavy atom. The molecule has 0 atom stereocenters. The molecule has 0 aliphatic carbocycles. The lowest BCUT2D eigenvalue weighted by molar-refractivity contribution is -0.117. The monoisotopic (exact) mass is 1220 g/mol. The molecule has 460 valence electrons. The van der Waals surface area contributed by atoms with Gasteiger partial charge in [0.05, 0.1) is 40.7 Å². The standard InChI is InChI=1S/C35H39N7O3.C33H33ClN6O3.CH4/c1-23-11-13-25(14-12-23)42-32(20-30(40-42)35(2,3)4)39-34(44)37-28-15-16-29(27-10-8-7-9-26(27)28)45-22-24-17-18-36-31(19-24)38-33(43)21-41(5)6;1-21-9-11-23(12-10-21)40-30(18-28(39-40)33(2,3)4)38-32(42)36-26-13-14-27(25-8-6-5-7-24(25)26)43-20-22-15-16-35-29(17-22)37-31(41)19-34;/h7-20H,21-22H2,1-6H3,(H,36,38,43)(H2,37,39,44);5-18H,19-20H2,1-4H3,(H,35,37,41)(H2,36,38,42);1H4. The molecule has 6 amide bonds. The van der Waals surface area contributed by atoms with E-state index < -0.39 is 6.03 Å². The fraction of sp³-hybridized carbons (Fsp3) is 0.246. The summed E-state index contributed by atoms with van der Waals surface area (Å²) in [7, 11) is 3.67. The summed E-state index contributed by atoms with van der Waals surface area (Å²) in [5.41, 5.74) is 8.26. The minimum atomic E-state index is -0.393. The Kier molecular flexibility index (Phi) is 20.8. The van der Waals surface area contributed by atoms with Crippen molar-refractivity contribution in [1.29, 1.82) is 0 Å². The van der Waals surface area contributed by atoms with E-state index in [0.29, 0.717) is 46.1 Å². The Bertz CT molecular complexity index is 4130. The first-order valence-corrected chi connectivity index (χ1v) is 29.1. The van der Waals surface area contributed by atoms with E-state index in [0.717, 1.165) is 66.6 Å².